The van der Waals surface area contributed by atoms with Gasteiger partial charge in [0.15, 0.2) is 0 Å². The summed E-state index contributed by atoms with van der Waals surface area (Å²) in [6.45, 7) is 0. The minimum Gasteiger partial charge on any atom is -0.469 e. The van der Waals surface area contributed by atoms with E-state index >= 15 is 0 Å². The van der Waals surface area contributed by atoms with E-state index in [1.165, 1.54) is 4.88 Å². The lowest BCUT2D eigenvalue weighted by Crippen LogP contribution is -2.36. The van der Waals surface area contributed by atoms with Crippen molar-refractivity contribution in [1.82, 2.24) is 5.43 Å². The molecule has 0 aliphatic carbocycles. The zero-order valence-corrected chi connectivity index (χ0v) is 9.87. The summed E-state index contributed by atoms with van der Waals surface area (Å²) in [4.78, 5) is 1.36. The van der Waals surface area contributed by atoms with Crippen LogP contribution in [0.1, 0.15) is 17.1 Å². The number of furan rings is 1. The normalized spacial score (nSPS) is 12.8. The first kappa shape index (κ1) is 11.4. The summed E-state index contributed by atoms with van der Waals surface area (Å²) in [6, 6.07) is 8.43. The molecule has 2 aromatic heterocycles. The molecular weight excluding hydrogens is 220 g/mol. The molecule has 2 aromatic rings. The Labute approximate surface area is 99.2 Å². The van der Waals surface area contributed by atoms with Gasteiger partial charge in [0.25, 0.3) is 0 Å². The van der Waals surface area contributed by atoms with Crippen LogP contribution in [0.2, 0.25) is 0 Å². The van der Waals surface area contributed by atoms with Crippen LogP contribution in [-0.4, -0.2) is 6.04 Å². The first-order chi connectivity index (χ1) is 7.88. The Morgan fingerprint density at radius 2 is 2.31 bits per heavy atom. The fourth-order valence-electron chi connectivity index (χ4n) is 1.69. The molecule has 0 saturated heterocycles. The molecule has 0 bridgehead atoms. The monoisotopic (exact) mass is 236 g/mol. The summed E-state index contributed by atoms with van der Waals surface area (Å²) in [5, 5.41) is 2.09. The zero-order valence-electron chi connectivity index (χ0n) is 9.06. The summed E-state index contributed by atoms with van der Waals surface area (Å²) in [5.41, 5.74) is 2.87. The highest BCUT2D eigenvalue weighted by Gasteiger charge is 2.09. The number of thiophene rings is 1. The van der Waals surface area contributed by atoms with Crippen molar-refractivity contribution in [3.63, 3.8) is 0 Å². The molecule has 1 atom stereocenters. The van der Waals surface area contributed by atoms with Crippen molar-refractivity contribution in [2.24, 2.45) is 5.84 Å². The summed E-state index contributed by atoms with van der Waals surface area (Å²) in [6.07, 6.45) is 4.60. The smallest absolute Gasteiger partial charge is 0.103 e. The molecule has 0 saturated carbocycles. The van der Waals surface area contributed by atoms with E-state index in [-0.39, 0.29) is 0 Å². The van der Waals surface area contributed by atoms with Gasteiger partial charge < -0.3 is 4.42 Å². The highest BCUT2D eigenvalue weighted by molar-refractivity contribution is 7.09. The van der Waals surface area contributed by atoms with E-state index in [1.54, 1.807) is 17.6 Å². The van der Waals surface area contributed by atoms with Crippen LogP contribution in [0.25, 0.3) is 0 Å². The van der Waals surface area contributed by atoms with Gasteiger partial charge in [-0.15, -0.1) is 11.3 Å². The SMILES string of the molecule is NNC(CCc1ccco1)Cc1cccs1. The second-order valence-electron chi connectivity index (χ2n) is 3.77. The van der Waals surface area contributed by atoms with E-state index in [4.69, 9.17) is 10.3 Å². The molecule has 0 aliphatic rings. The van der Waals surface area contributed by atoms with Crippen LogP contribution in [0.5, 0.6) is 0 Å². The van der Waals surface area contributed by atoms with Gasteiger partial charge in [-0.25, -0.2) is 0 Å². The maximum Gasteiger partial charge on any atom is 0.103 e. The number of nitrogens with one attached hydrogen (secondary N) is 1. The van der Waals surface area contributed by atoms with E-state index in [9.17, 15) is 0 Å². The molecule has 4 heteroatoms. The molecule has 0 radical (unpaired) electrons. The summed E-state index contributed by atoms with van der Waals surface area (Å²) in [7, 11) is 0. The Kier molecular flexibility index (Phi) is 4.16. The Hall–Kier alpha value is -1.10. The lowest BCUT2D eigenvalue weighted by Gasteiger charge is -2.13. The third kappa shape index (κ3) is 3.20. The summed E-state index contributed by atoms with van der Waals surface area (Å²) < 4.78 is 5.30. The molecule has 0 aliphatic heterocycles. The van der Waals surface area contributed by atoms with Gasteiger partial charge >= 0.3 is 0 Å². The molecule has 3 nitrogen and oxygen atoms in total. The average molecular weight is 236 g/mol. The second kappa shape index (κ2) is 5.84. The molecule has 0 spiro atoms. The van der Waals surface area contributed by atoms with Gasteiger partial charge in [0, 0.05) is 17.3 Å². The van der Waals surface area contributed by atoms with Crippen LogP contribution >= 0.6 is 11.3 Å². The Morgan fingerprint density at radius 3 is 2.94 bits per heavy atom. The maximum atomic E-state index is 5.55. The van der Waals surface area contributed by atoms with Crippen LogP contribution in [0.3, 0.4) is 0 Å². The number of nitrogens with two attached hydrogens (primary N) is 1. The van der Waals surface area contributed by atoms with Crippen molar-refractivity contribution in [1.29, 1.82) is 0 Å². The van der Waals surface area contributed by atoms with Crippen molar-refractivity contribution in [2.45, 2.75) is 25.3 Å². The minimum absolute atomic E-state index is 0.309. The fraction of sp³-hybridized carbons (Fsp3) is 0.333. The molecule has 86 valence electrons. The highest BCUT2D eigenvalue weighted by Crippen LogP contribution is 2.14. The first-order valence-corrected chi connectivity index (χ1v) is 6.27. The van der Waals surface area contributed by atoms with E-state index in [1.807, 2.05) is 12.1 Å². The Balaban J connectivity index is 1.81. The van der Waals surface area contributed by atoms with Crippen molar-refractivity contribution in [3.05, 3.63) is 46.5 Å². The maximum absolute atomic E-state index is 5.55. The van der Waals surface area contributed by atoms with Gasteiger partial charge in [-0.05, 0) is 36.4 Å². The summed E-state index contributed by atoms with van der Waals surface area (Å²) in [5.74, 6) is 6.57. The van der Waals surface area contributed by atoms with Gasteiger partial charge in [-0.1, -0.05) is 6.07 Å². The molecule has 0 amide bonds. The third-order valence-corrected chi connectivity index (χ3v) is 3.48. The van der Waals surface area contributed by atoms with Gasteiger partial charge in [0.05, 0.1) is 6.26 Å². The van der Waals surface area contributed by atoms with Gasteiger partial charge in [0.1, 0.15) is 5.76 Å². The van der Waals surface area contributed by atoms with Crippen molar-refractivity contribution >= 4 is 11.3 Å². The lowest BCUT2D eigenvalue weighted by atomic mass is 10.1. The molecule has 3 N–H and O–H groups in total. The quantitative estimate of drug-likeness (QED) is 0.598. The Morgan fingerprint density at radius 1 is 1.38 bits per heavy atom. The van der Waals surface area contributed by atoms with Crippen LogP contribution in [0.15, 0.2) is 40.3 Å². The van der Waals surface area contributed by atoms with Gasteiger partial charge in [-0.3, -0.25) is 11.3 Å². The molecule has 0 fully saturated rings. The topological polar surface area (TPSA) is 51.2 Å². The highest BCUT2D eigenvalue weighted by atomic mass is 32.1. The summed E-state index contributed by atoms with van der Waals surface area (Å²) >= 11 is 1.77. The molecule has 0 aromatic carbocycles. The van der Waals surface area contributed by atoms with Crippen molar-refractivity contribution < 1.29 is 4.42 Å². The van der Waals surface area contributed by atoms with Crippen LogP contribution in [0.4, 0.5) is 0 Å². The predicted octanol–water partition coefficient (Wildman–Crippen LogP) is 2.35. The zero-order chi connectivity index (χ0) is 11.2. The average Bonchev–Trinajstić information content (AvgIpc) is 2.97. The largest absolute Gasteiger partial charge is 0.469 e. The Bertz CT molecular complexity index is 383. The first-order valence-electron chi connectivity index (χ1n) is 5.39. The van der Waals surface area contributed by atoms with Gasteiger partial charge in [0.2, 0.25) is 0 Å². The third-order valence-electron chi connectivity index (χ3n) is 2.58. The molecule has 2 heterocycles. The standard InChI is InChI=1S/C12H16N2OS/c13-14-10(9-12-4-2-8-16-12)5-6-11-3-1-7-15-11/h1-4,7-8,10,14H,5-6,9,13H2. The molecular formula is C12H16N2OS. The van der Waals surface area contributed by atoms with Gasteiger partial charge in [-0.2, -0.15) is 0 Å². The van der Waals surface area contributed by atoms with E-state index < -0.39 is 0 Å². The fourth-order valence-corrected chi connectivity index (χ4v) is 2.47. The lowest BCUT2D eigenvalue weighted by molar-refractivity contribution is 0.449. The van der Waals surface area contributed by atoms with Crippen molar-refractivity contribution in [3.8, 4) is 0 Å². The number of hydrogen-bond acceptors (Lipinski definition) is 4. The number of hydrazine groups is 1. The van der Waals surface area contributed by atoms with E-state index in [0.717, 1.165) is 25.0 Å². The van der Waals surface area contributed by atoms with E-state index in [0.29, 0.717) is 6.04 Å². The van der Waals surface area contributed by atoms with Crippen LogP contribution in [-0.2, 0) is 12.8 Å². The molecule has 16 heavy (non-hydrogen) atoms. The van der Waals surface area contributed by atoms with Crippen LogP contribution in [0, 0.1) is 0 Å². The van der Waals surface area contributed by atoms with E-state index in [2.05, 4.69) is 22.9 Å². The predicted molar refractivity (Wildman–Crippen MR) is 66.2 cm³/mol. The minimum atomic E-state index is 0.309. The number of aryl methyl sites for hydroxylation is 1. The number of hydrogen-bond donors (Lipinski definition) is 2. The van der Waals surface area contributed by atoms with Crippen molar-refractivity contribution in [2.75, 3.05) is 0 Å². The number of rotatable bonds is 6. The second-order valence-corrected chi connectivity index (χ2v) is 4.80. The molecule has 1 unspecified atom stereocenters. The molecule has 2 rings (SSSR count). The van der Waals surface area contributed by atoms with Crippen LogP contribution < -0.4 is 11.3 Å².